The fraction of sp³-hybridized carbons (Fsp3) is 0.476. The summed E-state index contributed by atoms with van der Waals surface area (Å²) >= 11 is 1.53. The number of likely N-dealkylation sites (tertiary alicyclic amines) is 1. The second-order valence-electron chi connectivity index (χ2n) is 8.87. The molecule has 0 aliphatic carbocycles. The zero-order valence-electron chi connectivity index (χ0n) is 18.1. The Kier molecular flexibility index (Phi) is 5.07. The summed E-state index contributed by atoms with van der Waals surface area (Å²) in [5, 5.41) is 17.0. The van der Waals surface area contributed by atoms with Gasteiger partial charge in [-0.3, -0.25) is 9.69 Å². The fourth-order valence-corrected chi connectivity index (χ4v) is 4.77. The number of aromatic nitrogens is 3. The average Bonchev–Trinajstić information content (AvgIpc) is 3.38. The van der Waals surface area contributed by atoms with Crippen molar-refractivity contribution >= 4 is 35.2 Å². The van der Waals surface area contributed by atoms with Gasteiger partial charge in [-0.2, -0.15) is 9.78 Å². The van der Waals surface area contributed by atoms with Crippen LogP contribution in [0.2, 0.25) is 0 Å². The van der Waals surface area contributed by atoms with Crippen LogP contribution in [-0.2, 0) is 9.53 Å². The second-order valence-corrected chi connectivity index (χ2v) is 9.81. The Morgan fingerprint density at radius 2 is 2.16 bits per heavy atom. The van der Waals surface area contributed by atoms with Crippen LogP contribution in [0.3, 0.4) is 0 Å². The molecule has 32 heavy (non-hydrogen) atoms. The van der Waals surface area contributed by atoms with Crippen molar-refractivity contribution in [1.82, 2.24) is 19.8 Å². The molecule has 1 saturated heterocycles. The van der Waals surface area contributed by atoms with Gasteiger partial charge in [0, 0.05) is 17.9 Å². The van der Waals surface area contributed by atoms with Gasteiger partial charge < -0.3 is 14.8 Å². The van der Waals surface area contributed by atoms with E-state index in [1.165, 1.54) is 11.8 Å². The van der Waals surface area contributed by atoms with E-state index in [1.54, 1.807) is 9.58 Å². The maximum atomic E-state index is 12.7. The molecule has 0 radical (unpaired) electrons. The van der Waals surface area contributed by atoms with Gasteiger partial charge in [-0.25, -0.2) is 4.79 Å². The van der Waals surface area contributed by atoms with Crippen molar-refractivity contribution in [3.8, 4) is 5.75 Å². The highest BCUT2D eigenvalue weighted by atomic mass is 32.2. The molecule has 4 heterocycles. The molecule has 2 amide bonds. The molecular formula is C21H24N6O4S. The van der Waals surface area contributed by atoms with Crippen LogP contribution in [0, 0.1) is 0 Å². The van der Waals surface area contributed by atoms with Gasteiger partial charge in [0.15, 0.2) is 12.4 Å². The maximum Gasteiger partial charge on any atom is 0.410 e. The number of carbonyl (C=O) groups excluding carboxylic acids is 2. The molecule has 168 valence electrons. The monoisotopic (exact) mass is 456 g/mol. The van der Waals surface area contributed by atoms with E-state index >= 15 is 0 Å². The summed E-state index contributed by atoms with van der Waals surface area (Å²) in [5.74, 6) is 1.71. The molecule has 5 rings (SSSR count). The lowest BCUT2D eigenvalue weighted by molar-refractivity contribution is -0.118. The van der Waals surface area contributed by atoms with Gasteiger partial charge in [0.2, 0.25) is 5.16 Å². The number of nitrogens with one attached hydrogen (secondary N) is 1. The van der Waals surface area contributed by atoms with Crippen LogP contribution in [0.25, 0.3) is 0 Å². The molecule has 3 aliphatic rings. The average molecular weight is 457 g/mol. The third kappa shape index (κ3) is 3.92. The van der Waals surface area contributed by atoms with Crippen LogP contribution < -0.4 is 10.1 Å². The first-order chi connectivity index (χ1) is 15.3. The molecule has 1 N–H and O–H groups in total. The Morgan fingerprint density at radius 3 is 2.97 bits per heavy atom. The maximum absolute atomic E-state index is 12.7. The van der Waals surface area contributed by atoms with Gasteiger partial charge in [0.1, 0.15) is 11.4 Å². The first kappa shape index (κ1) is 20.8. The molecule has 0 bridgehead atoms. The van der Waals surface area contributed by atoms with Crippen molar-refractivity contribution in [3.63, 3.8) is 0 Å². The van der Waals surface area contributed by atoms with Crippen LogP contribution in [0.1, 0.15) is 51.0 Å². The number of fused-ring (bicyclic) bond motifs is 2. The first-order valence-corrected chi connectivity index (χ1v) is 11.5. The molecule has 1 unspecified atom stereocenters. The van der Waals surface area contributed by atoms with E-state index in [9.17, 15) is 9.59 Å². The zero-order valence-corrected chi connectivity index (χ0v) is 18.9. The van der Waals surface area contributed by atoms with Crippen LogP contribution in [0.15, 0.2) is 28.5 Å². The summed E-state index contributed by atoms with van der Waals surface area (Å²) in [6.07, 6.45) is 1.28. The number of nitrogens with zero attached hydrogens (tertiary/aromatic N) is 5. The predicted octanol–water partition coefficient (Wildman–Crippen LogP) is 3.04. The highest BCUT2D eigenvalue weighted by Crippen LogP contribution is 2.36. The van der Waals surface area contributed by atoms with Crippen LogP contribution in [0.4, 0.5) is 10.5 Å². The highest BCUT2D eigenvalue weighted by molar-refractivity contribution is 7.99. The molecule has 0 spiro atoms. The first-order valence-electron chi connectivity index (χ1n) is 10.5. The van der Waals surface area contributed by atoms with Gasteiger partial charge in [0.25, 0.3) is 5.91 Å². The lowest BCUT2D eigenvalue weighted by Crippen LogP contribution is -2.37. The Labute approximate surface area is 189 Å². The number of rotatable bonds is 2. The van der Waals surface area contributed by atoms with E-state index < -0.39 is 5.60 Å². The standard InChI is InChI=1S/C21H24N6O4S/c1-21(2,3)31-20(29)26-8-4-5-15(26)18-23-24-19-27(18)25-14(11-32-19)12-6-7-16-13(9-12)22-17(28)10-30-16/h6-7,9,15H,4-5,8,10-11H2,1-3H3,(H,22,28). The van der Waals surface area contributed by atoms with E-state index in [2.05, 4.69) is 15.5 Å². The summed E-state index contributed by atoms with van der Waals surface area (Å²) < 4.78 is 12.8. The van der Waals surface area contributed by atoms with Crippen molar-refractivity contribution < 1.29 is 19.1 Å². The number of carbonyl (C=O) groups is 2. The lowest BCUT2D eigenvalue weighted by Gasteiger charge is -2.28. The SMILES string of the molecule is CC(C)(C)OC(=O)N1CCCC1c1nnc2n1N=C(c1ccc3c(c1)NC(=O)CO3)CS2. The van der Waals surface area contributed by atoms with Crippen molar-refractivity contribution in [3.05, 3.63) is 29.6 Å². The van der Waals surface area contributed by atoms with Crippen molar-refractivity contribution in [2.75, 3.05) is 24.2 Å². The summed E-state index contributed by atoms with van der Waals surface area (Å²) in [4.78, 5) is 26.1. The summed E-state index contributed by atoms with van der Waals surface area (Å²) in [5.41, 5.74) is 1.77. The fourth-order valence-electron chi connectivity index (χ4n) is 3.93. The van der Waals surface area contributed by atoms with Crippen LogP contribution >= 0.6 is 11.8 Å². The molecule has 1 aromatic carbocycles. The predicted molar refractivity (Wildman–Crippen MR) is 118 cm³/mol. The number of amides is 2. The largest absolute Gasteiger partial charge is 0.482 e. The zero-order chi connectivity index (χ0) is 22.5. The third-order valence-electron chi connectivity index (χ3n) is 5.32. The Hall–Kier alpha value is -3.08. The molecule has 3 aliphatic heterocycles. The number of benzene rings is 1. The van der Waals surface area contributed by atoms with E-state index in [1.807, 2.05) is 39.0 Å². The Balaban J connectivity index is 1.45. The van der Waals surface area contributed by atoms with Gasteiger partial charge in [-0.15, -0.1) is 10.2 Å². The quantitative estimate of drug-likeness (QED) is 0.739. The normalized spacial score (nSPS) is 20.1. The summed E-state index contributed by atoms with van der Waals surface area (Å²) in [7, 11) is 0. The number of thioether (sulfide) groups is 1. The van der Waals surface area contributed by atoms with Crippen LogP contribution in [0.5, 0.6) is 5.75 Å². The van der Waals surface area contributed by atoms with Crippen molar-refractivity contribution in [2.24, 2.45) is 5.10 Å². The van der Waals surface area contributed by atoms with Gasteiger partial charge >= 0.3 is 6.09 Å². The number of ether oxygens (including phenoxy) is 2. The molecule has 1 fully saturated rings. The van der Waals surface area contributed by atoms with Crippen molar-refractivity contribution in [1.29, 1.82) is 0 Å². The minimum absolute atomic E-state index is 0.0199. The van der Waals surface area contributed by atoms with E-state index in [0.717, 1.165) is 24.1 Å². The van der Waals surface area contributed by atoms with Gasteiger partial charge in [0.05, 0.1) is 17.4 Å². The molecule has 1 aromatic heterocycles. The lowest BCUT2D eigenvalue weighted by atomic mass is 10.1. The molecule has 10 nitrogen and oxygen atoms in total. The van der Waals surface area contributed by atoms with E-state index in [0.29, 0.717) is 34.7 Å². The van der Waals surface area contributed by atoms with E-state index in [-0.39, 0.29) is 24.6 Å². The highest BCUT2D eigenvalue weighted by Gasteiger charge is 2.37. The molecular weight excluding hydrogens is 432 g/mol. The summed E-state index contributed by atoms with van der Waals surface area (Å²) in [6, 6.07) is 5.38. The topological polar surface area (TPSA) is 111 Å². The molecule has 1 atom stereocenters. The Bertz CT molecular complexity index is 1120. The molecule has 2 aromatic rings. The van der Waals surface area contributed by atoms with Gasteiger partial charge in [-0.05, 0) is 51.8 Å². The van der Waals surface area contributed by atoms with E-state index in [4.69, 9.17) is 14.6 Å². The number of anilines is 1. The third-order valence-corrected chi connectivity index (χ3v) is 6.25. The minimum Gasteiger partial charge on any atom is -0.482 e. The summed E-state index contributed by atoms with van der Waals surface area (Å²) in [6.45, 7) is 6.19. The minimum atomic E-state index is -0.568. The van der Waals surface area contributed by atoms with Crippen molar-refractivity contribution in [2.45, 2.75) is 50.4 Å². The Morgan fingerprint density at radius 1 is 1.31 bits per heavy atom. The molecule has 0 saturated carbocycles. The second kappa shape index (κ2) is 7.80. The van der Waals surface area contributed by atoms with Crippen LogP contribution in [-0.4, -0.2) is 62.0 Å². The number of hydrogen-bond acceptors (Lipinski definition) is 8. The smallest absolute Gasteiger partial charge is 0.410 e. The number of hydrogen-bond donors (Lipinski definition) is 1. The van der Waals surface area contributed by atoms with Gasteiger partial charge in [-0.1, -0.05) is 11.8 Å². The molecule has 11 heteroatoms.